The maximum atomic E-state index is 12.7. The normalized spacial score (nSPS) is 18.8. The highest BCUT2D eigenvalue weighted by molar-refractivity contribution is 7.91. The number of aryl methyl sites for hydroxylation is 2. The van der Waals surface area contributed by atoms with Crippen molar-refractivity contribution in [1.82, 2.24) is 14.8 Å². The number of sulfone groups is 1. The molecule has 0 radical (unpaired) electrons. The first-order valence-electron chi connectivity index (χ1n) is 8.37. The summed E-state index contributed by atoms with van der Waals surface area (Å²) in [5.41, 5.74) is 2.76. The van der Waals surface area contributed by atoms with Crippen LogP contribution in [0.3, 0.4) is 0 Å². The Morgan fingerprint density at radius 2 is 2.00 bits per heavy atom. The quantitative estimate of drug-likeness (QED) is 0.789. The Hall–Kier alpha value is -2.42. The Labute approximate surface area is 151 Å². The molecule has 0 bridgehead atoms. The van der Waals surface area contributed by atoms with E-state index >= 15 is 0 Å². The summed E-state index contributed by atoms with van der Waals surface area (Å²) in [6.45, 7) is 6.72. The van der Waals surface area contributed by atoms with Crippen molar-refractivity contribution in [3.8, 4) is 0 Å². The van der Waals surface area contributed by atoms with E-state index in [4.69, 9.17) is 0 Å². The molecule has 1 atom stereocenters. The van der Waals surface area contributed by atoms with E-state index in [1.807, 2.05) is 0 Å². The van der Waals surface area contributed by atoms with Crippen molar-refractivity contribution in [2.24, 2.45) is 0 Å². The molecule has 3 rings (SSSR count). The van der Waals surface area contributed by atoms with Gasteiger partial charge in [0, 0.05) is 17.3 Å². The number of aromatic amines is 1. The molecular formula is C17H22N4O4S. The molecule has 0 saturated carbocycles. The average Bonchev–Trinajstić information content (AvgIpc) is 3.14. The summed E-state index contributed by atoms with van der Waals surface area (Å²) in [6, 6.07) is 1.42. The van der Waals surface area contributed by atoms with Gasteiger partial charge in [-0.15, -0.1) is 0 Å². The predicted octanol–water partition coefficient (Wildman–Crippen LogP) is 1.95. The third-order valence-electron chi connectivity index (χ3n) is 4.67. The van der Waals surface area contributed by atoms with Crippen LogP contribution in [0.5, 0.6) is 0 Å². The number of nitrogens with one attached hydrogen (secondary N) is 2. The average molecular weight is 378 g/mol. The highest BCUT2D eigenvalue weighted by atomic mass is 32.2. The molecule has 140 valence electrons. The Morgan fingerprint density at radius 1 is 1.31 bits per heavy atom. The molecule has 1 aliphatic rings. The lowest BCUT2D eigenvalue weighted by molar-refractivity contribution is 0.101. The van der Waals surface area contributed by atoms with Crippen molar-refractivity contribution in [2.45, 2.75) is 40.2 Å². The van der Waals surface area contributed by atoms with E-state index in [2.05, 4.69) is 15.4 Å². The van der Waals surface area contributed by atoms with E-state index < -0.39 is 9.84 Å². The van der Waals surface area contributed by atoms with Crippen molar-refractivity contribution < 1.29 is 18.0 Å². The number of amides is 1. The Bertz CT molecular complexity index is 1000. The van der Waals surface area contributed by atoms with Crippen LogP contribution in [0.15, 0.2) is 6.07 Å². The van der Waals surface area contributed by atoms with Gasteiger partial charge in [-0.2, -0.15) is 5.10 Å². The molecule has 0 unspecified atom stereocenters. The van der Waals surface area contributed by atoms with Gasteiger partial charge in [-0.3, -0.25) is 9.59 Å². The van der Waals surface area contributed by atoms with Gasteiger partial charge in [0.1, 0.15) is 11.5 Å². The minimum atomic E-state index is -3.07. The van der Waals surface area contributed by atoms with Crippen molar-refractivity contribution in [2.75, 3.05) is 16.8 Å². The molecule has 8 nitrogen and oxygen atoms in total. The van der Waals surface area contributed by atoms with Crippen LogP contribution >= 0.6 is 0 Å². The van der Waals surface area contributed by atoms with Gasteiger partial charge in [-0.1, -0.05) is 0 Å². The number of aromatic nitrogens is 3. The second-order valence-electron chi connectivity index (χ2n) is 6.81. The summed E-state index contributed by atoms with van der Waals surface area (Å²) in [5, 5.41) is 7.15. The molecule has 9 heteroatoms. The van der Waals surface area contributed by atoms with Crippen LogP contribution in [-0.2, 0) is 9.84 Å². The Kier molecular flexibility index (Phi) is 4.51. The fraction of sp³-hybridized carbons (Fsp3) is 0.471. The van der Waals surface area contributed by atoms with Gasteiger partial charge in [0.25, 0.3) is 5.91 Å². The number of ketones is 1. The van der Waals surface area contributed by atoms with E-state index in [0.29, 0.717) is 40.4 Å². The SMILES string of the molecule is CC(=O)c1c(C)[nH]c(C(=O)Nc2cc(C)nn2[C@@H]2CCS(=O)(=O)C2)c1C. The highest BCUT2D eigenvalue weighted by Crippen LogP contribution is 2.28. The van der Waals surface area contributed by atoms with Crippen LogP contribution in [0.4, 0.5) is 5.82 Å². The molecule has 0 aliphatic carbocycles. The topological polar surface area (TPSA) is 114 Å². The lowest BCUT2D eigenvalue weighted by Crippen LogP contribution is -2.20. The minimum absolute atomic E-state index is 0.0200. The van der Waals surface area contributed by atoms with E-state index in [0.717, 1.165) is 0 Å². The van der Waals surface area contributed by atoms with Gasteiger partial charge in [0.2, 0.25) is 0 Å². The van der Waals surface area contributed by atoms with Gasteiger partial charge in [0.05, 0.1) is 23.2 Å². The first kappa shape index (κ1) is 18.4. The molecule has 2 aromatic rings. The second-order valence-corrected chi connectivity index (χ2v) is 9.04. The first-order valence-corrected chi connectivity index (χ1v) is 10.2. The smallest absolute Gasteiger partial charge is 0.273 e. The number of hydrogen-bond donors (Lipinski definition) is 2. The largest absolute Gasteiger partial charge is 0.354 e. The molecule has 3 heterocycles. The zero-order valence-corrected chi connectivity index (χ0v) is 16.0. The van der Waals surface area contributed by atoms with Gasteiger partial charge in [-0.25, -0.2) is 13.1 Å². The van der Waals surface area contributed by atoms with Crippen LogP contribution in [0.1, 0.15) is 57.2 Å². The van der Waals surface area contributed by atoms with Crippen molar-refractivity contribution in [3.05, 3.63) is 34.3 Å². The molecule has 0 spiro atoms. The summed E-state index contributed by atoms with van der Waals surface area (Å²) >= 11 is 0. The van der Waals surface area contributed by atoms with Gasteiger partial charge in [-0.05, 0) is 39.7 Å². The first-order chi connectivity index (χ1) is 12.1. The standard InChI is InChI=1S/C17H22N4O4S/c1-9-7-14(21(20-9)13-5-6-26(24,25)8-13)19-17(23)16-10(2)15(12(4)22)11(3)18-16/h7,13,18H,5-6,8H2,1-4H3,(H,19,23)/t13-/m1/s1. The number of nitrogens with zero attached hydrogens (tertiary/aromatic N) is 2. The van der Waals surface area contributed by atoms with Gasteiger partial charge in [0.15, 0.2) is 15.6 Å². The molecule has 1 amide bonds. The molecule has 2 N–H and O–H groups in total. The molecule has 1 saturated heterocycles. The highest BCUT2D eigenvalue weighted by Gasteiger charge is 2.31. The minimum Gasteiger partial charge on any atom is -0.354 e. The van der Waals surface area contributed by atoms with E-state index in [-0.39, 0.29) is 29.2 Å². The van der Waals surface area contributed by atoms with Crippen LogP contribution in [0, 0.1) is 20.8 Å². The zero-order valence-electron chi connectivity index (χ0n) is 15.2. The number of rotatable bonds is 4. The summed E-state index contributed by atoms with van der Waals surface area (Å²) in [7, 11) is -3.07. The van der Waals surface area contributed by atoms with E-state index in [9.17, 15) is 18.0 Å². The van der Waals surface area contributed by atoms with Crippen LogP contribution in [0.2, 0.25) is 0 Å². The number of Topliss-reactive ketones (excluding diaryl/α,β-unsaturated/α-hetero) is 1. The summed E-state index contributed by atoms with van der Waals surface area (Å²) < 4.78 is 25.1. The van der Waals surface area contributed by atoms with Crippen molar-refractivity contribution >= 4 is 27.3 Å². The number of carbonyl (C=O) groups excluding carboxylic acids is 2. The van der Waals surface area contributed by atoms with Crippen molar-refractivity contribution in [3.63, 3.8) is 0 Å². The summed E-state index contributed by atoms with van der Waals surface area (Å²) in [5.74, 6) is 0.102. The molecular weight excluding hydrogens is 356 g/mol. The monoisotopic (exact) mass is 378 g/mol. The Balaban J connectivity index is 1.90. The number of H-pyrrole nitrogens is 1. The fourth-order valence-corrected chi connectivity index (χ4v) is 5.23. The molecule has 1 aliphatic heterocycles. The molecule has 0 aromatic carbocycles. The molecule has 26 heavy (non-hydrogen) atoms. The number of hydrogen-bond acceptors (Lipinski definition) is 5. The lowest BCUT2D eigenvalue weighted by Gasteiger charge is -2.13. The molecule has 1 fully saturated rings. The van der Waals surface area contributed by atoms with E-state index in [1.165, 1.54) is 6.92 Å². The van der Waals surface area contributed by atoms with E-state index in [1.54, 1.807) is 31.5 Å². The fourth-order valence-electron chi connectivity index (χ4n) is 3.54. The van der Waals surface area contributed by atoms with Crippen LogP contribution in [-0.4, -0.2) is 46.4 Å². The third kappa shape index (κ3) is 3.31. The lowest BCUT2D eigenvalue weighted by atomic mass is 10.1. The zero-order chi connectivity index (χ0) is 19.2. The number of anilines is 1. The van der Waals surface area contributed by atoms with Gasteiger partial charge < -0.3 is 10.3 Å². The second kappa shape index (κ2) is 6.39. The van der Waals surface area contributed by atoms with Crippen LogP contribution < -0.4 is 5.32 Å². The Morgan fingerprint density at radius 3 is 2.54 bits per heavy atom. The van der Waals surface area contributed by atoms with Crippen LogP contribution in [0.25, 0.3) is 0 Å². The van der Waals surface area contributed by atoms with Gasteiger partial charge >= 0.3 is 0 Å². The summed E-state index contributed by atoms with van der Waals surface area (Å²) in [4.78, 5) is 27.4. The van der Waals surface area contributed by atoms with Crippen molar-refractivity contribution in [1.29, 1.82) is 0 Å². The maximum absolute atomic E-state index is 12.7. The number of carbonyl (C=O) groups is 2. The maximum Gasteiger partial charge on any atom is 0.273 e. The third-order valence-corrected chi connectivity index (χ3v) is 6.42. The summed E-state index contributed by atoms with van der Waals surface area (Å²) in [6.07, 6.45) is 0.474. The molecule has 2 aromatic heterocycles. The predicted molar refractivity (Wildman–Crippen MR) is 97.5 cm³/mol.